The van der Waals surface area contributed by atoms with Crippen LogP contribution in [0.5, 0.6) is 0 Å². The van der Waals surface area contributed by atoms with Crippen molar-refractivity contribution in [3.8, 4) is 0 Å². The van der Waals surface area contributed by atoms with Crippen LogP contribution in [0.15, 0.2) is 0 Å². The maximum absolute atomic E-state index is 12.2. The Bertz CT molecular complexity index is 510. The van der Waals surface area contributed by atoms with Gasteiger partial charge in [-0.1, -0.05) is 0 Å². The molecule has 3 rings (SSSR count). The molecule has 2 heterocycles. The number of carbonyl (C=O) groups excluding carboxylic acids is 1. The lowest BCUT2D eigenvalue weighted by Gasteiger charge is -2.33. The average Bonchev–Trinajstić information content (AvgIpc) is 3.23. The molecule has 0 radical (unpaired) electrons. The number of amides is 1. The molecule has 2 aliphatic rings. The van der Waals surface area contributed by atoms with Gasteiger partial charge in [0.05, 0.1) is 12.6 Å². The zero-order valence-corrected chi connectivity index (χ0v) is 12.9. The van der Waals surface area contributed by atoms with E-state index in [2.05, 4.69) is 10.1 Å². The van der Waals surface area contributed by atoms with E-state index in [1.54, 1.807) is 0 Å². The maximum Gasteiger partial charge on any atom is 0.248 e. The molecular weight excluding hydrogens is 268 g/mol. The predicted molar refractivity (Wildman–Crippen MR) is 77.9 cm³/mol. The Labute approximate surface area is 125 Å². The third-order valence-corrected chi connectivity index (χ3v) is 4.28. The fraction of sp³-hybridized carbons (Fsp3) is 0.800. The van der Waals surface area contributed by atoms with Gasteiger partial charge in [0.2, 0.25) is 5.91 Å². The number of ether oxygens (including phenoxy) is 1. The first kappa shape index (κ1) is 14.5. The first-order chi connectivity index (χ1) is 10.1. The van der Waals surface area contributed by atoms with Crippen molar-refractivity contribution in [1.29, 1.82) is 0 Å². The van der Waals surface area contributed by atoms with E-state index in [9.17, 15) is 4.79 Å². The minimum atomic E-state index is 0.106. The van der Waals surface area contributed by atoms with Crippen LogP contribution in [0.1, 0.15) is 43.4 Å². The molecule has 1 saturated carbocycles. The van der Waals surface area contributed by atoms with Gasteiger partial charge in [-0.25, -0.2) is 9.67 Å². The lowest BCUT2D eigenvalue weighted by Crippen LogP contribution is -2.42. The lowest BCUT2D eigenvalue weighted by molar-refractivity contribution is -0.138. The second kappa shape index (κ2) is 6.13. The molecule has 1 aromatic rings. The molecule has 1 aliphatic carbocycles. The number of hydrogen-bond donors (Lipinski definition) is 0. The molecule has 6 nitrogen and oxygen atoms in total. The van der Waals surface area contributed by atoms with Gasteiger partial charge in [-0.05, 0) is 45.4 Å². The van der Waals surface area contributed by atoms with E-state index in [1.165, 1.54) is 12.8 Å². The monoisotopic (exact) mass is 292 g/mol. The maximum atomic E-state index is 12.2. The fourth-order valence-corrected chi connectivity index (χ4v) is 2.95. The summed E-state index contributed by atoms with van der Waals surface area (Å²) in [5.41, 5.74) is 0. The normalized spacial score (nSPS) is 22.6. The SMILES string of the molecule is Cc1nc(C)n([C@H]2CCCN(C(=O)COCC3CC3)C2)n1. The van der Waals surface area contributed by atoms with Gasteiger partial charge in [0.15, 0.2) is 0 Å². The zero-order chi connectivity index (χ0) is 14.8. The van der Waals surface area contributed by atoms with E-state index < -0.39 is 0 Å². The molecule has 1 amide bonds. The Morgan fingerprint density at radius 1 is 1.33 bits per heavy atom. The van der Waals surface area contributed by atoms with Crippen LogP contribution in [0.2, 0.25) is 0 Å². The van der Waals surface area contributed by atoms with E-state index in [1.807, 2.05) is 23.4 Å². The van der Waals surface area contributed by atoms with Crippen molar-refractivity contribution >= 4 is 5.91 Å². The minimum absolute atomic E-state index is 0.106. The number of piperidine rings is 1. The number of rotatable bonds is 5. The molecule has 0 bridgehead atoms. The summed E-state index contributed by atoms with van der Waals surface area (Å²) in [6.45, 7) is 6.38. The molecule has 116 valence electrons. The Hall–Kier alpha value is -1.43. The van der Waals surface area contributed by atoms with Crippen LogP contribution in [-0.4, -0.2) is 51.9 Å². The van der Waals surface area contributed by atoms with Crippen LogP contribution in [0.3, 0.4) is 0 Å². The molecule has 0 unspecified atom stereocenters. The van der Waals surface area contributed by atoms with Crippen LogP contribution in [0.25, 0.3) is 0 Å². The zero-order valence-electron chi connectivity index (χ0n) is 12.9. The lowest BCUT2D eigenvalue weighted by atomic mass is 10.1. The van der Waals surface area contributed by atoms with E-state index in [0.717, 1.165) is 44.2 Å². The minimum Gasteiger partial charge on any atom is -0.371 e. The average molecular weight is 292 g/mol. The van der Waals surface area contributed by atoms with Crippen molar-refractivity contribution in [3.63, 3.8) is 0 Å². The van der Waals surface area contributed by atoms with Crippen LogP contribution in [0.4, 0.5) is 0 Å². The van der Waals surface area contributed by atoms with Gasteiger partial charge < -0.3 is 9.64 Å². The molecule has 1 aliphatic heterocycles. The van der Waals surface area contributed by atoms with Crippen LogP contribution < -0.4 is 0 Å². The molecule has 1 aromatic heterocycles. The van der Waals surface area contributed by atoms with Gasteiger partial charge in [-0.3, -0.25) is 4.79 Å². The van der Waals surface area contributed by atoms with E-state index in [0.29, 0.717) is 5.92 Å². The Morgan fingerprint density at radius 3 is 2.81 bits per heavy atom. The highest BCUT2D eigenvalue weighted by Crippen LogP contribution is 2.28. The molecule has 0 N–H and O–H groups in total. The number of carbonyl (C=O) groups is 1. The second-order valence-corrected chi connectivity index (χ2v) is 6.25. The molecule has 1 saturated heterocycles. The van der Waals surface area contributed by atoms with E-state index in [4.69, 9.17) is 4.74 Å². The highest BCUT2D eigenvalue weighted by molar-refractivity contribution is 5.77. The fourth-order valence-electron chi connectivity index (χ4n) is 2.95. The first-order valence-electron chi connectivity index (χ1n) is 7.88. The second-order valence-electron chi connectivity index (χ2n) is 6.25. The number of hydrogen-bond acceptors (Lipinski definition) is 4. The van der Waals surface area contributed by atoms with Gasteiger partial charge in [0.1, 0.15) is 18.3 Å². The van der Waals surface area contributed by atoms with Crippen molar-refractivity contribution < 1.29 is 9.53 Å². The Balaban J connectivity index is 1.54. The molecule has 1 atom stereocenters. The summed E-state index contributed by atoms with van der Waals surface area (Å²) in [4.78, 5) is 18.5. The molecule has 2 fully saturated rings. The van der Waals surface area contributed by atoms with Crippen LogP contribution in [-0.2, 0) is 9.53 Å². The summed E-state index contributed by atoms with van der Waals surface area (Å²) in [6.07, 6.45) is 4.57. The predicted octanol–water partition coefficient (Wildman–Crippen LogP) is 1.49. The molecular formula is C15H24N4O2. The van der Waals surface area contributed by atoms with Gasteiger partial charge in [-0.2, -0.15) is 5.10 Å². The third kappa shape index (κ3) is 3.61. The molecule has 0 aromatic carbocycles. The standard InChI is InChI=1S/C15H24N4O2/c1-11-16-12(2)19(17-11)14-4-3-7-18(8-14)15(20)10-21-9-13-5-6-13/h13-14H,3-10H2,1-2H3/t14-/m0/s1. The number of aryl methyl sites for hydroxylation is 2. The smallest absolute Gasteiger partial charge is 0.248 e. The van der Waals surface area contributed by atoms with Crippen molar-refractivity contribution in [2.75, 3.05) is 26.3 Å². The quantitative estimate of drug-likeness (QED) is 0.825. The van der Waals surface area contributed by atoms with Gasteiger partial charge >= 0.3 is 0 Å². The first-order valence-corrected chi connectivity index (χ1v) is 7.88. The Morgan fingerprint density at radius 2 is 2.14 bits per heavy atom. The number of nitrogens with zero attached hydrogens (tertiary/aromatic N) is 4. The summed E-state index contributed by atoms with van der Waals surface area (Å²) in [7, 11) is 0. The summed E-state index contributed by atoms with van der Waals surface area (Å²) < 4.78 is 7.49. The van der Waals surface area contributed by atoms with Crippen LogP contribution in [0, 0.1) is 19.8 Å². The van der Waals surface area contributed by atoms with Crippen molar-refractivity contribution in [2.45, 2.75) is 45.6 Å². The summed E-state index contributed by atoms with van der Waals surface area (Å²) >= 11 is 0. The summed E-state index contributed by atoms with van der Waals surface area (Å²) in [6, 6.07) is 0.243. The van der Waals surface area contributed by atoms with E-state index in [-0.39, 0.29) is 18.6 Å². The highest BCUT2D eigenvalue weighted by Gasteiger charge is 2.27. The Kier molecular flexibility index (Phi) is 4.24. The topological polar surface area (TPSA) is 60.2 Å². The van der Waals surface area contributed by atoms with Crippen molar-refractivity contribution in [3.05, 3.63) is 11.6 Å². The number of likely N-dealkylation sites (tertiary alicyclic amines) is 1. The van der Waals surface area contributed by atoms with E-state index >= 15 is 0 Å². The molecule has 6 heteroatoms. The summed E-state index contributed by atoms with van der Waals surface area (Å²) in [5.74, 6) is 2.53. The van der Waals surface area contributed by atoms with Gasteiger partial charge in [0, 0.05) is 13.1 Å². The van der Waals surface area contributed by atoms with Crippen molar-refractivity contribution in [1.82, 2.24) is 19.7 Å². The van der Waals surface area contributed by atoms with Gasteiger partial charge in [-0.15, -0.1) is 0 Å². The largest absolute Gasteiger partial charge is 0.371 e. The summed E-state index contributed by atoms with van der Waals surface area (Å²) in [5, 5.41) is 4.46. The van der Waals surface area contributed by atoms with Crippen LogP contribution >= 0.6 is 0 Å². The number of aromatic nitrogens is 3. The molecule has 21 heavy (non-hydrogen) atoms. The highest BCUT2D eigenvalue weighted by atomic mass is 16.5. The third-order valence-electron chi connectivity index (χ3n) is 4.28. The molecule has 0 spiro atoms. The van der Waals surface area contributed by atoms with Gasteiger partial charge in [0.25, 0.3) is 0 Å². The van der Waals surface area contributed by atoms with Crippen molar-refractivity contribution in [2.24, 2.45) is 5.92 Å².